The third-order valence-electron chi connectivity index (χ3n) is 5.20. The molecule has 168 valence electrons. The Hall–Kier alpha value is -4.06. The van der Waals surface area contributed by atoms with Crippen LogP contribution < -0.4 is 19.6 Å². The lowest BCUT2D eigenvalue weighted by Crippen LogP contribution is -2.04. The second-order valence-electron chi connectivity index (χ2n) is 7.37. The molecular weight excluding hydrogens is 418 g/mol. The second-order valence-corrected chi connectivity index (χ2v) is 7.37. The van der Waals surface area contributed by atoms with Gasteiger partial charge in [-0.25, -0.2) is 4.99 Å². The molecule has 1 aromatic heterocycles. The van der Waals surface area contributed by atoms with Crippen molar-refractivity contribution in [2.75, 3.05) is 20.8 Å². The normalized spacial score (nSPS) is 11.5. The van der Waals surface area contributed by atoms with Gasteiger partial charge in [0.1, 0.15) is 17.1 Å². The van der Waals surface area contributed by atoms with Crippen molar-refractivity contribution in [2.24, 2.45) is 4.99 Å². The van der Waals surface area contributed by atoms with Crippen molar-refractivity contribution in [2.45, 2.75) is 13.8 Å². The SMILES string of the molecule is CCOc1ccc2oc(-c3ccc(OC)c(OC)c3)cc(=Nc3cccc(C(C)=O)c3)c2c1. The van der Waals surface area contributed by atoms with Crippen molar-refractivity contribution in [1.82, 2.24) is 0 Å². The minimum Gasteiger partial charge on any atom is -0.494 e. The van der Waals surface area contributed by atoms with Crippen molar-refractivity contribution >= 4 is 22.4 Å². The molecule has 0 unspecified atom stereocenters. The molecule has 0 aliphatic heterocycles. The predicted molar refractivity (Wildman–Crippen MR) is 128 cm³/mol. The smallest absolute Gasteiger partial charge is 0.161 e. The average Bonchev–Trinajstić information content (AvgIpc) is 2.84. The number of hydrogen-bond acceptors (Lipinski definition) is 6. The van der Waals surface area contributed by atoms with Crippen LogP contribution in [0.15, 0.2) is 76.1 Å². The fourth-order valence-corrected chi connectivity index (χ4v) is 3.56. The first-order valence-corrected chi connectivity index (χ1v) is 10.6. The third-order valence-corrected chi connectivity index (χ3v) is 5.20. The maximum absolute atomic E-state index is 11.8. The van der Waals surface area contributed by atoms with Crippen molar-refractivity contribution in [3.05, 3.63) is 77.7 Å². The van der Waals surface area contributed by atoms with E-state index in [1.165, 1.54) is 0 Å². The molecule has 0 bridgehead atoms. The summed E-state index contributed by atoms with van der Waals surface area (Å²) in [5.41, 5.74) is 2.76. The van der Waals surface area contributed by atoms with Crippen molar-refractivity contribution in [3.63, 3.8) is 0 Å². The summed E-state index contributed by atoms with van der Waals surface area (Å²) in [6, 6.07) is 20.4. The van der Waals surface area contributed by atoms with E-state index in [1.807, 2.05) is 61.5 Å². The molecule has 0 saturated carbocycles. The molecule has 33 heavy (non-hydrogen) atoms. The Kier molecular flexibility index (Phi) is 6.45. The summed E-state index contributed by atoms with van der Waals surface area (Å²) in [6.07, 6.45) is 0. The van der Waals surface area contributed by atoms with Gasteiger partial charge in [-0.1, -0.05) is 12.1 Å². The van der Waals surface area contributed by atoms with Gasteiger partial charge in [-0.2, -0.15) is 0 Å². The Balaban J connectivity index is 1.95. The van der Waals surface area contributed by atoms with Crippen LogP contribution in [0.3, 0.4) is 0 Å². The minimum absolute atomic E-state index is 0.00961. The summed E-state index contributed by atoms with van der Waals surface area (Å²) in [7, 11) is 3.19. The Morgan fingerprint density at radius 3 is 2.48 bits per heavy atom. The molecule has 0 aliphatic rings. The van der Waals surface area contributed by atoms with Gasteiger partial charge in [0.2, 0.25) is 0 Å². The van der Waals surface area contributed by atoms with Gasteiger partial charge in [-0.15, -0.1) is 0 Å². The van der Waals surface area contributed by atoms with Gasteiger partial charge in [-0.05, 0) is 62.4 Å². The van der Waals surface area contributed by atoms with Gasteiger partial charge in [0, 0.05) is 22.6 Å². The number of hydrogen-bond donors (Lipinski definition) is 0. The van der Waals surface area contributed by atoms with Gasteiger partial charge >= 0.3 is 0 Å². The largest absolute Gasteiger partial charge is 0.494 e. The fourth-order valence-electron chi connectivity index (χ4n) is 3.56. The molecule has 0 N–H and O–H groups in total. The summed E-state index contributed by atoms with van der Waals surface area (Å²) in [5, 5.41) is 1.50. The van der Waals surface area contributed by atoms with E-state index in [-0.39, 0.29) is 5.78 Å². The molecule has 0 atom stereocenters. The highest BCUT2D eigenvalue weighted by Gasteiger charge is 2.11. The van der Waals surface area contributed by atoms with E-state index in [0.29, 0.717) is 46.1 Å². The lowest BCUT2D eigenvalue weighted by atomic mass is 10.1. The molecule has 0 radical (unpaired) electrons. The van der Waals surface area contributed by atoms with Crippen LogP contribution in [0.1, 0.15) is 24.2 Å². The van der Waals surface area contributed by atoms with Crippen LogP contribution in [0, 0.1) is 0 Å². The highest BCUT2D eigenvalue weighted by molar-refractivity contribution is 5.94. The topological polar surface area (TPSA) is 70.3 Å². The first-order chi connectivity index (χ1) is 16.0. The Morgan fingerprint density at radius 1 is 0.939 bits per heavy atom. The van der Waals surface area contributed by atoms with Crippen LogP contribution >= 0.6 is 0 Å². The molecule has 6 nitrogen and oxygen atoms in total. The summed E-state index contributed by atoms with van der Waals surface area (Å²) >= 11 is 0. The van der Waals surface area contributed by atoms with Crippen molar-refractivity contribution < 1.29 is 23.4 Å². The van der Waals surface area contributed by atoms with Crippen LogP contribution in [0.2, 0.25) is 0 Å². The molecule has 1 heterocycles. The number of methoxy groups -OCH3 is 2. The van der Waals surface area contributed by atoms with Crippen molar-refractivity contribution in [3.8, 4) is 28.6 Å². The molecule has 0 amide bonds. The third kappa shape index (κ3) is 4.75. The Morgan fingerprint density at radius 2 is 1.76 bits per heavy atom. The zero-order valence-corrected chi connectivity index (χ0v) is 19.0. The van der Waals surface area contributed by atoms with Gasteiger partial charge in [0.25, 0.3) is 0 Å². The number of nitrogens with zero attached hydrogens (tertiary/aromatic N) is 1. The molecule has 0 saturated heterocycles. The number of rotatable bonds is 7. The maximum Gasteiger partial charge on any atom is 0.161 e. The van der Waals surface area contributed by atoms with Gasteiger partial charge in [0.05, 0.1) is 31.9 Å². The molecule has 6 heteroatoms. The van der Waals surface area contributed by atoms with E-state index in [9.17, 15) is 4.79 Å². The van der Waals surface area contributed by atoms with Gasteiger partial charge in [0.15, 0.2) is 17.3 Å². The molecule has 0 spiro atoms. The average molecular weight is 443 g/mol. The number of Topliss-reactive ketones (excluding diaryl/α,β-unsaturated/α-hetero) is 1. The number of benzene rings is 3. The zero-order chi connectivity index (χ0) is 23.4. The number of carbonyl (C=O) groups is 1. The van der Waals surface area contributed by atoms with Crippen LogP contribution in [0.25, 0.3) is 22.3 Å². The van der Waals surface area contributed by atoms with E-state index in [4.69, 9.17) is 23.6 Å². The highest BCUT2D eigenvalue weighted by Crippen LogP contribution is 2.33. The maximum atomic E-state index is 11.8. The summed E-state index contributed by atoms with van der Waals surface area (Å²) in [5.74, 6) is 2.57. The second kappa shape index (κ2) is 9.61. The predicted octanol–water partition coefficient (Wildman–Crippen LogP) is 5.95. The highest BCUT2D eigenvalue weighted by atomic mass is 16.5. The Bertz CT molecular complexity index is 1390. The number of carbonyl (C=O) groups excluding carboxylic acids is 1. The van der Waals surface area contributed by atoms with E-state index < -0.39 is 0 Å². The molecule has 4 rings (SSSR count). The van der Waals surface area contributed by atoms with Gasteiger partial charge < -0.3 is 18.6 Å². The van der Waals surface area contributed by atoms with Crippen LogP contribution in [0.4, 0.5) is 5.69 Å². The quantitative estimate of drug-likeness (QED) is 0.330. The van der Waals surface area contributed by atoms with Crippen LogP contribution in [-0.4, -0.2) is 26.6 Å². The lowest BCUT2D eigenvalue weighted by Gasteiger charge is -2.11. The molecule has 3 aromatic carbocycles. The van der Waals surface area contributed by atoms with E-state index >= 15 is 0 Å². The molecular formula is C27H25NO5. The summed E-state index contributed by atoms with van der Waals surface area (Å²) in [6.45, 7) is 4.03. The standard InChI is InChI=1S/C27H25NO5/c1-5-32-21-10-12-24-22(15-21)23(28-20-8-6-7-18(13-20)17(2)29)16-26(33-24)19-9-11-25(30-3)27(14-19)31-4/h6-16H,5H2,1-4H3. The first kappa shape index (κ1) is 22.1. The van der Waals surface area contributed by atoms with Crippen LogP contribution in [-0.2, 0) is 0 Å². The van der Waals surface area contributed by atoms with Crippen LogP contribution in [0.5, 0.6) is 17.2 Å². The number of ketones is 1. The lowest BCUT2D eigenvalue weighted by molar-refractivity contribution is 0.101. The van der Waals surface area contributed by atoms with E-state index in [2.05, 4.69) is 0 Å². The number of fused-ring (bicyclic) bond motifs is 1. The zero-order valence-electron chi connectivity index (χ0n) is 19.0. The molecule has 4 aromatic rings. The molecule has 0 aliphatic carbocycles. The minimum atomic E-state index is -0.00961. The first-order valence-electron chi connectivity index (χ1n) is 10.6. The Labute approximate surface area is 192 Å². The number of ether oxygens (including phenoxy) is 3. The fraction of sp³-hybridized carbons (Fsp3) is 0.185. The van der Waals surface area contributed by atoms with E-state index in [0.717, 1.165) is 16.7 Å². The van der Waals surface area contributed by atoms with Crippen molar-refractivity contribution in [1.29, 1.82) is 0 Å². The monoisotopic (exact) mass is 443 g/mol. The van der Waals surface area contributed by atoms with Gasteiger partial charge in [-0.3, -0.25) is 4.79 Å². The molecule has 0 fully saturated rings. The summed E-state index contributed by atoms with van der Waals surface area (Å²) < 4.78 is 22.7. The summed E-state index contributed by atoms with van der Waals surface area (Å²) in [4.78, 5) is 16.7. The van der Waals surface area contributed by atoms with E-state index in [1.54, 1.807) is 33.3 Å².